The van der Waals surface area contributed by atoms with Crippen LogP contribution in [0.4, 0.5) is 0 Å². The molecule has 0 saturated heterocycles. The fraction of sp³-hybridized carbons (Fsp3) is 0.550. The van der Waals surface area contributed by atoms with Crippen LogP contribution < -0.4 is 14.8 Å². The standard InChI is InChI=1S/C20H26N4O3S/c1-13(19(25)21-11-15-8-9-17-18(10-15)27-12-26-17)28-20-23-22-14(2)24(20)16-6-4-3-5-7-16/h8-10,13,16H,3-7,11-12H2,1-2H3,(H,21,25)/t13-/m0/s1. The Balaban J connectivity index is 1.36. The van der Waals surface area contributed by atoms with Crippen molar-refractivity contribution in [2.75, 3.05) is 6.79 Å². The summed E-state index contributed by atoms with van der Waals surface area (Å²) in [5.74, 6) is 2.39. The quantitative estimate of drug-likeness (QED) is 0.744. The Hall–Kier alpha value is -2.22. The molecule has 1 aromatic carbocycles. The minimum atomic E-state index is -0.250. The van der Waals surface area contributed by atoms with Crippen LogP contribution >= 0.6 is 11.8 Å². The molecular formula is C20H26N4O3S. The van der Waals surface area contributed by atoms with E-state index >= 15 is 0 Å². The Bertz CT molecular complexity index is 848. The van der Waals surface area contributed by atoms with Crippen LogP contribution in [0.1, 0.15) is 56.5 Å². The Morgan fingerprint density at radius 1 is 1.25 bits per heavy atom. The van der Waals surface area contributed by atoms with Gasteiger partial charge in [-0.3, -0.25) is 4.79 Å². The maximum atomic E-state index is 12.6. The van der Waals surface area contributed by atoms with Crippen LogP contribution in [0.15, 0.2) is 23.4 Å². The van der Waals surface area contributed by atoms with Gasteiger partial charge in [0.15, 0.2) is 16.7 Å². The Labute approximate surface area is 169 Å². The number of ether oxygens (including phenoxy) is 2. The molecule has 28 heavy (non-hydrogen) atoms. The monoisotopic (exact) mass is 402 g/mol. The summed E-state index contributed by atoms with van der Waals surface area (Å²) >= 11 is 1.48. The Morgan fingerprint density at radius 2 is 2.04 bits per heavy atom. The van der Waals surface area contributed by atoms with Crippen molar-refractivity contribution in [3.8, 4) is 11.5 Å². The van der Waals surface area contributed by atoms with Gasteiger partial charge in [0.05, 0.1) is 5.25 Å². The van der Waals surface area contributed by atoms with Crippen molar-refractivity contribution in [1.29, 1.82) is 0 Å². The van der Waals surface area contributed by atoms with Crippen molar-refractivity contribution in [1.82, 2.24) is 20.1 Å². The zero-order chi connectivity index (χ0) is 19.5. The first kappa shape index (κ1) is 19.1. The summed E-state index contributed by atoms with van der Waals surface area (Å²) in [6.07, 6.45) is 6.13. The minimum absolute atomic E-state index is 0.0153. The Kier molecular flexibility index (Phi) is 5.75. The highest BCUT2D eigenvalue weighted by atomic mass is 32.2. The lowest BCUT2D eigenvalue weighted by atomic mass is 9.95. The van der Waals surface area contributed by atoms with E-state index in [0.29, 0.717) is 12.6 Å². The highest BCUT2D eigenvalue weighted by Gasteiger charge is 2.24. The number of benzene rings is 1. The van der Waals surface area contributed by atoms with E-state index in [4.69, 9.17) is 9.47 Å². The van der Waals surface area contributed by atoms with Crippen LogP contribution in [0.2, 0.25) is 0 Å². The summed E-state index contributed by atoms with van der Waals surface area (Å²) in [5, 5.41) is 12.2. The average Bonchev–Trinajstić information content (AvgIpc) is 3.32. The van der Waals surface area contributed by atoms with E-state index in [1.807, 2.05) is 32.0 Å². The number of fused-ring (bicyclic) bond motifs is 1. The highest BCUT2D eigenvalue weighted by Crippen LogP contribution is 2.34. The van der Waals surface area contributed by atoms with Crippen LogP contribution in [-0.2, 0) is 11.3 Å². The summed E-state index contributed by atoms with van der Waals surface area (Å²) in [5.41, 5.74) is 0.982. The third-order valence-electron chi connectivity index (χ3n) is 5.33. The molecule has 2 aliphatic rings. The van der Waals surface area contributed by atoms with E-state index in [-0.39, 0.29) is 18.0 Å². The van der Waals surface area contributed by atoms with Crippen molar-refractivity contribution < 1.29 is 14.3 Å². The van der Waals surface area contributed by atoms with Gasteiger partial charge >= 0.3 is 0 Å². The topological polar surface area (TPSA) is 78.3 Å². The lowest BCUT2D eigenvalue weighted by molar-refractivity contribution is -0.120. The minimum Gasteiger partial charge on any atom is -0.454 e. The fourth-order valence-electron chi connectivity index (χ4n) is 3.79. The zero-order valence-electron chi connectivity index (χ0n) is 16.3. The smallest absolute Gasteiger partial charge is 0.233 e. The van der Waals surface area contributed by atoms with E-state index in [2.05, 4.69) is 20.1 Å². The molecule has 0 radical (unpaired) electrons. The van der Waals surface area contributed by atoms with Crippen molar-refractivity contribution in [3.05, 3.63) is 29.6 Å². The first-order valence-corrected chi connectivity index (χ1v) is 10.7. The van der Waals surface area contributed by atoms with E-state index in [1.54, 1.807) is 0 Å². The fourth-order valence-corrected chi connectivity index (χ4v) is 4.77. The zero-order valence-corrected chi connectivity index (χ0v) is 17.1. The van der Waals surface area contributed by atoms with Crippen LogP contribution in [0, 0.1) is 6.92 Å². The first-order valence-electron chi connectivity index (χ1n) is 9.86. The molecule has 1 aliphatic heterocycles. The normalized spacial score (nSPS) is 17.5. The molecule has 1 amide bonds. The third-order valence-corrected chi connectivity index (χ3v) is 6.39. The molecule has 8 heteroatoms. The molecule has 150 valence electrons. The first-order chi connectivity index (χ1) is 13.6. The third kappa shape index (κ3) is 4.11. The number of hydrogen-bond donors (Lipinski definition) is 1. The number of amides is 1. The largest absolute Gasteiger partial charge is 0.454 e. The molecule has 1 aliphatic carbocycles. The van der Waals surface area contributed by atoms with Crippen molar-refractivity contribution in [2.24, 2.45) is 0 Å². The van der Waals surface area contributed by atoms with E-state index in [1.165, 1.54) is 31.0 Å². The molecule has 1 N–H and O–H groups in total. The van der Waals surface area contributed by atoms with Gasteiger partial charge in [-0.05, 0) is 44.4 Å². The van der Waals surface area contributed by atoms with Crippen LogP contribution in [0.25, 0.3) is 0 Å². The molecular weight excluding hydrogens is 376 g/mol. The number of thioether (sulfide) groups is 1. The summed E-state index contributed by atoms with van der Waals surface area (Å²) in [7, 11) is 0. The average molecular weight is 403 g/mol. The lowest BCUT2D eigenvalue weighted by Crippen LogP contribution is -2.30. The molecule has 2 aromatic rings. The predicted octanol–water partition coefficient (Wildman–Crippen LogP) is 3.62. The van der Waals surface area contributed by atoms with E-state index in [9.17, 15) is 4.79 Å². The van der Waals surface area contributed by atoms with E-state index in [0.717, 1.165) is 40.9 Å². The van der Waals surface area contributed by atoms with Crippen molar-refractivity contribution in [2.45, 2.75) is 68.9 Å². The summed E-state index contributed by atoms with van der Waals surface area (Å²) < 4.78 is 12.9. The molecule has 2 heterocycles. The maximum Gasteiger partial charge on any atom is 0.233 e. The molecule has 1 saturated carbocycles. The molecule has 0 bridgehead atoms. The maximum absolute atomic E-state index is 12.6. The van der Waals surface area contributed by atoms with Gasteiger partial charge in [-0.15, -0.1) is 10.2 Å². The number of aromatic nitrogens is 3. The SMILES string of the molecule is Cc1nnc(S[C@@H](C)C(=O)NCc2ccc3c(c2)OCO3)n1C1CCCCC1. The van der Waals surface area contributed by atoms with Gasteiger partial charge in [-0.1, -0.05) is 37.1 Å². The van der Waals surface area contributed by atoms with Crippen molar-refractivity contribution >= 4 is 17.7 Å². The van der Waals surface area contributed by atoms with Gasteiger partial charge in [0.25, 0.3) is 0 Å². The molecule has 1 atom stereocenters. The number of nitrogens with one attached hydrogen (secondary N) is 1. The van der Waals surface area contributed by atoms with Crippen molar-refractivity contribution in [3.63, 3.8) is 0 Å². The van der Waals surface area contributed by atoms with Gasteiger partial charge < -0.3 is 19.4 Å². The number of carbonyl (C=O) groups is 1. The van der Waals surface area contributed by atoms with E-state index < -0.39 is 0 Å². The summed E-state index contributed by atoms with van der Waals surface area (Å²) in [6, 6.07) is 6.17. The summed E-state index contributed by atoms with van der Waals surface area (Å²) in [4.78, 5) is 12.6. The second-order valence-electron chi connectivity index (χ2n) is 7.36. The second-order valence-corrected chi connectivity index (χ2v) is 8.67. The molecule has 0 spiro atoms. The highest BCUT2D eigenvalue weighted by molar-refractivity contribution is 8.00. The van der Waals surface area contributed by atoms with Gasteiger partial charge in [0, 0.05) is 12.6 Å². The number of hydrogen-bond acceptors (Lipinski definition) is 6. The number of carbonyl (C=O) groups excluding carboxylic acids is 1. The van der Waals surface area contributed by atoms with Gasteiger partial charge in [0.1, 0.15) is 5.82 Å². The molecule has 1 aromatic heterocycles. The number of aryl methyl sites for hydroxylation is 1. The van der Waals surface area contributed by atoms with Gasteiger partial charge in [-0.2, -0.15) is 0 Å². The Morgan fingerprint density at radius 3 is 2.86 bits per heavy atom. The van der Waals surface area contributed by atoms with Gasteiger partial charge in [-0.25, -0.2) is 0 Å². The van der Waals surface area contributed by atoms with Gasteiger partial charge in [0.2, 0.25) is 12.7 Å². The van der Waals surface area contributed by atoms with Crippen LogP contribution in [0.5, 0.6) is 11.5 Å². The van der Waals surface area contributed by atoms with Crippen LogP contribution in [0.3, 0.4) is 0 Å². The van der Waals surface area contributed by atoms with Crippen LogP contribution in [-0.4, -0.2) is 32.7 Å². The molecule has 1 fully saturated rings. The number of nitrogens with zero attached hydrogens (tertiary/aromatic N) is 3. The molecule has 4 rings (SSSR count). The summed E-state index contributed by atoms with van der Waals surface area (Å²) in [6.45, 7) is 4.61. The molecule has 0 unspecified atom stereocenters. The molecule has 7 nitrogen and oxygen atoms in total. The number of rotatable bonds is 6. The predicted molar refractivity (Wildman–Crippen MR) is 107 cm³/mol. The lowest BCUT2D eigenvalue weighted by Gasteiger charge is -2.25. The second kappa shape index (κ2) is 8.43.